The van der Waals surface area contributed by atoms with Crippen LogP contribution in [0, 0.1) is 0 Å². The monoisotopic (exact) mass is 271 g/mol. The Balaban J connectivity index is 1.96. The summed E-state index contributed by atoms with van der Waals surface area (Å²) in [6.07, 6.45) is 0. The number of ether oxygens (including phenoxy) is 1. The summed E-state index contributed by atoms with van der Waals surface area (Å²) in [7, 11) is 3.81. The average Bonchev–Trinajstić information content (AvgIpc) is 2.75. The standard InChI is InChI=1S/C12H21N3O2S/c1-14-3-5-15(6-4-14)7-12-13-10(9-17-2)11(8-16)18-12/h16H,3-9H2,1-2H3. The molecule has 0 saturated carbocycles. The first-order valence-corrected chi connectivity index (χ1v) is 7.02. The normalized spacial score (nSPS) is 18.4. The first kappa shape index (κ1) is 13.9. The molecule has 0 radical (unpaired) electrons. The molecule has 0 aliphatic carbocycles. The molecule has 0 spiro atoms. The summed E-state index contributed by atoms with van der Waals surface area (Å²) in [5, 5.41) is 10.4. The smallest absolute Gasteiger partial charge is 0.107 e. The minimum atomic E-state index is 0.0547. The summed E-state index contributed by atoms with van der Waals surface area (Å²) in [5.41, 5.74) is 0.883. The molecule has 1 aliphatic rings. The number of methoxy groups -OCH3 is 1. The summed E-state index contributed by atoms with van der Waals surface area (Å²) < 4.78 is 5.10. The van der Waals surface area contributed by atoms with Gasteiger partial charge in [-0.05, 0) is 7.05 Å². The Bertz CT molecular complexity index is 375. The van der Waals surface area contributed by atoms with E-state index >= 15 is 0 Å². The van der Waals surface area contributed by atoms with Gasteiger partial charge < -0.3 is 14.7 Å². The summed E-state index contributed by atoms with van der Waals surface area (Å²) in [4.78, 5) is 10.2. The summed E-state index contributed by atoms with van der Waals surface area (Å²) in [6.45, 7) is 5.82. The van der Waals surface area contributed by atoms with Gasteiger partial charge in [0.25, 0.3) is 0 Å². The highest BCUT2D eigenvalue weighted by Crippen LogP contribution is 2.21. The van der Waals surface area contributed by atoms with E-state index in [1.54, 1.807) is 18.4 Å². The average molecular weight is 271 g/mol. The SMILES string of the molecule is COCc1nc(CN2CCN(C)CC2)sc1CO. The van der Waals surface area contributed by atoms with Crippen LogP contribution in [0.25, 0.3) is 0 Å². The zero-order valence-electron chi connectivity index (χ0n) is 11.1. The highest BCUT2D eigenvalue weighted by molar-refractivity contribution is 7.11. The van der Waals surface area contributed by atoms with E-state index in [2.05, 4.69) is 21.8 Å². The van der Waals surface area contributed by atoms with Crippen molar-refractivity contribution in [2.24, 2.45) is 0 Å². The summed E-state index contributed by atoms with van der Waals surface area (Å²) in [6, 6.07) is 0. The number of hydrogen-bond donors (Lipinski definition) is 1. The van der Waals surface area contributed by atoms with Gasteiger partial charge in [0.2, 0.25) is 0 Å². The van der Waals surface area contributed by atoms with Crippen molar-refractivity contribution in [1.29, 1.82) is 0 Å². The Hall–Kier alpha value is -0.530. The molecule has 0 amide bonds. The maximum atomic E-state index is 9.29. The van der Waals surface area contributed by atoms with E-state index in [4.69, 9.17) is 4.74 Å². The van der Waals surface area contributed by atoms with Gasteiger partial charge in [-0.1, -0.05) is 0 Å². The van der Waals surface area contributed by atoms with Crippen LogP contribution in [0.15, 0.2) is 0 Å². The Morgan fingerprint density at radius 2 is 2.06 bits per heavy atom. The Morgan fingerprint density at radius 1 is 1.33 bits per heavy atom. The number of aromatic nitrogens is 1. The van der Waals surface area contributed by atoms with Crippen molar-refractivity contribution in [2.75, 3.05) is 40.3 Å². The molecule has 5 nitrogen and oxygen atoms in total. The number of aliphatic hydroxyl groups is 1. The van der Waals surface area contributed by atoms with E-state index in [9.17, 15) is 5.11 Å². The molecule has 102 valence electrons. The molecule has 0 bridgehead atoms. The second-order valence-electron chi connectivity index (χ2n) is 4.65. The van der Waals surface area contributed by atoms with E-state index in [0.717, 1.165) is 48.3 Å². The van der Waals surface area contributed by atoms with E-state index in [0.29, 0.717) is 6.61 Å². The van der Waals surface area contributed by atoms with Crippen molar-refractivity contribution in [3.8, 4) is 0 Å². The number of nitrogens with zero attached hydrogens (tertiary/aromatic N) is 3. The molecular formula is C12H21N3O2S. The molecule has 1 aliphatic heterocycles. The van der Waals surface area contributed by atoms with Crippen molar-refractivity contribution in [3.05, 3.63) is 15.6 Å². The van der Waals surface area contributed by atoms with Crippen LogP contribution in [0.5, 0.6) is 0 Å². The maximum Gasteiger partial charge on any atom is 0.107 e. The molecule has 1 aromatic heterocycles. The third kappa shape index (κ3) is 3.49. The fourth-order valence-electron chi connectivity index (χ4n) is 2.07. The van der Waals surface area contributed by atoms with Gasteiger partial charge in [0.1, 0.15) is 5.01 Å². The molecule has 0 unspecified atom stereocenters. The van der Waals surface area contributed by atoms with Crippen molar-refractivity contribution in [3.63, 3.8) is 0 Å². The lowest BCUT2D eigenvalue weighted by Crippen LogP contribution is -2.43. The Morgan fingerprint density at radius 3 is 2.67 bits per heavy atom. The lowest BCUT2D eigenvalue weighted by atomic mass is 10.3. The lowest BCUT2D eigenvalue weighted by Gasteiger charge is -2.31. The number of thiazole rings is 1. The topological polar surface area (TPSA) is 48.8 Å². The zero-order chi connectivity index (χ0) is 13.0. The van der Waals surface area contributed by atoms with Crippen LogP contribution < -0.4 is 0 Å². The van der Waals surface area contributed by atoms with Crippen molar-refractivity contribution in [2.45, 2.75) is 19.8 Å². The second-order valence-corrected chi connectivity index (χ2v) is 5.82. The molecule has 0 atom stereocenters. The maximum absolute atomic E-state index is 9.29. The molecule has 1 fully saturated rings. The third-order valence-corrected chi connectivity index (χ3v) is 4.27. The van der Waals surface area contributed by atoms with Gasteiger partial charge in [0.05, 0.1) is 30.3 Å². The predicted octanol–water partition coefficient (Wildman–Crippen LogP) is 0.529. The van der Waals surface area contributed by atoms with E-state index < -0.39 is 0 Å². The van der Waals surface area contributed by atoms with Crippen LogP contribution in [0.3, 0.4) is 0 Å². The molecule has 1 N–H and O–H groups in total. The quantitative estimate of drug-likeness (QED) is 0.846. The Labute approximate surface area is 112 Å². The number of aliphatic hydroxyl groups excluding tert-OH is 1. The molecule has 2 rings (SSSR count). The van der Waals surface area contributed by atoms with Gasteiger partial charge in [0, 0.05) is 33.3 Å². The van der Waals surface area contributed by atoms with Gasteiger partial charge in [-0.2, -0.15) is 0 Å². The van der Waals surface area contributed by atoms with Crippen LogP contribution >= 0.6 is 11.3 Å². The zero-order valence-corrected chi connectivity index (χ0v) is 11.9. The van der Waals surface area contributed by atoms with Crippen LogP contribution in [0.1, 0.15) is 15.6 Å². The van der Waals surface area contributed by atoms with E-state index in [1.165, 1.54) is 0 Å². The fourth-order valence-corrected chi connectivity index (χ4v) is 3.05. The fraction of sp³-hybridized carbons (Fsp3) is 0.750. The van der Waals surface area contributed by atoms with Gasteiger partial charge in [-0.3, -0.25) is 4.90 Å². The highest BCUT2D eigenvalue weighted by atomic mass is 32.1. The molecule has 1 aromatic rings. The summed E-state index contributed by atoms with van der Waals surface area (Å²) >= 11 is 1.60. The van der Waals surface area contributed by atoms with E-state index in [1.807, 2.05) is 0 Å². The largest absolute Gasteiger partial charge is 0.391 e. The van der Waals surface area contributed by atoms with Crippen molar-refractivity contribution < 1.29 is 9.84 Å². The van der Waals surface area contributed by atoms with Gasteiger partial charge in [-0.25, -0.2) is 4.98 Å². The van der Waals surface area contributed by atoms with Crippen LogP contribution in [-0.2, 0) is 24.5 Å². The predicted molar refractivity (Wildman–Crippen MR) is 71.5 cm³/mol. The molecular weight excluding hydrogens is 250 g/mol. The Kier molecular flexibility index (Phi) is 5.08. The van der Waals surface area contributed by atoms with Crippen molar-refractivity contribution >= 4 is 11.3 Å². The first-order valence-electron chi connectivity index (χ1n) is 6.21. The van der Waals surface area contributed by atoms with Gasteiger partial charge in [0.15, 0.2) is 0 Å². The number of piperazine rings is 1. The highest BCUT2D eigenvalue weighted by Gasteiger charge is 2.17. The van der Waals surface area contributed by atoms with Crippen LogP contribution in [0.2, 0.25) is 0 Å². The first-order chi connectivity index (χ1) is 8.72. The van der Waals surface area contributed by atoms with Crippen molar-refractivity contribution in [1.82, 2.24) is 14.8 Å². The molecule has 0 aromatic carbocycles. The summed E-state index contributed by atoms with van der Waals surface area (Å²) in [5.74, 6) is 0. The third-order valence-electron chi connectivity index (χ3n) is 3.20. The lowest BCUT2D eigenvalue weighted by molar-refractivity contribution is 0.147. The van der Waals surface area contributed by atoms with Crippen LogP contribution in [-0.4, -0.2) is 60.2 Å². The molecule has 2 heterocycles. The number of hydrogen-bond acceptors (Lipinski definition) is 6. The van der Waals surface area contributed by atoms with Gasteiger partial charge in [-0.15, -0.1) is 11.3 Å². The van der Waals surface area contributed by atoms with Crippen LogP contribution in [0.4, 0.5) is 0 Å². The number of likely N-dealkylation sites (N-methyl/N-ethyl adjacent to an activating group) is 1. The van der Waals surface area contributed by atoms with E-state index in [-0.39, 0.29) is 6.61 Å². The molecule has 6 heteroatoms. The minimum absolute atomic E-state index is 0.0547. The van der Waals surface area contributed by atoms with Gasteiger partial charge >= 0.3 is 0 Å². The molecule has 18 heavy (non-hydrogen) atoms. The minimum Gasteiger partial charge on any atom is -0.391 e. The number of rotatable bonds is 5. The second kappa shape index (κ2) is 6.58. The molecule has 1 saturated heterocycles.